The van der Waals surface area contributed by atoms with Gasteiger partial charge >= 0.3 is 5.97 Å². The lowest BCUT2D eigenvalue weighted by Crippen LogP contribution is -2.18. The molecule has 0 aliphatic heterocycles. The maximum atomic E-state index is 11.8. The Balaban J connectivity index is 1.82. The van der Waals surface area contributed by atoms with Crippen molar-refractivity contribution in [2.75, 3.05) is 11.9 Å². The Morgan fingerprint density at radius 3 is 2.39 bits per heavy atom. The van der Waals surface area contributed by atoms with Gasteiger partial charge in [0, 0.05) is 5.69 Å². The van der Waals surface area contributed by atoms with Gasteiger partial charge in [0.05, 0.1) is 12.2 Å². The molecule has 2 aromatic carbocycles. The highest BCUT2D eigenvalue weighted by Crippen LogP contribution is 2.12. The lowest BCUT2D eigenvalue weighted by Gasteiger charge is -2.09. The lowest BCUT2D eigenvalue weighted by molar-refractivity contribution is -0.121. The number of anilines is 1. The van der Waals surface area contributed by atoms with E-state index in [1.165, 1.54) is 17.7 Å². The van der Waals surface area contributed by atoms with Crippen LogP contribution in [0.2, 0.25) is 0 Å². The summed E-state index contributed by atoms with van der Waals surface area (Å²) in [7, 11) is 0. The predicted molar refractivity (Wildman–Crippen MR) is 87.6 cm³/mol. The summed E-state index contributed by atoms with van der Waals surface area (Å²) in [5.41, 5.74) is 4.09. The molecule has 23 heavy (non-hydrogen) atoms. The highest BCUT2D eigenvalue weighted by molar-refractivity contribution is 5.93. The molecule has 0 aliphatic rings. The minimum Gasteiger partial charge on any atom is -0.478 e. The number of aromatic carboxylic acids is 1. The third-order valence-corrected chi connectivity index (χ3v) is 3.40. The normalized spacial score (nSPS) is 10.3. The van der Waals surface area contributed by atoms with Gasteiger partial charge in [0.25, 0.3) is 0 Å². The molecule has 0 saturated heterocycles. The molecule has 5 nitrogen and oxygen atoms in total. The number of amides is 1. The van der Waals surface area contributed by atoms with E-state index in [-0.39, 0.29) is 18.1 Å². The van der Waals surface area contributed by atoms with Crippen LogP contribution in [0.5, 0.6) is 0 Å². The van der Waals surface area contributed by atoms with Crippen molar-refractivity contribution in [3.63, 3.8) is 0 Å². The van der Waals surface area contributed by atoms with E-state index in [4.69, 9.17) is 9.84 Å². The first kappa shape index (κ1) is 16.7. The highest BCUT2D eigenvalue weighted by atomic mass is 16.5. The molecule has 0 aromatic heterocycles. The van der Waals surface area contributed by atoms with E-state index in [1.807, 2.05) is 26.0 Å². The van der Waals surface area contributed by atoms with Crippen LogP contribution < -0.4 is 5.32 Å². The van der Waals surface area contributed by atoms with Crippen molar-refractivity contribution < 1.29 is 19.4 Å². The summed E-state index contributed by atoms with van der Waals surface area (Å²) in [6.07, 6.45) is 0. The highest BCUT2D eigenvalue weighted by Gasteiger charge is 2.06. The minimum atomic E-state index is -1.00. The van der Waals surface area contributed by atoms with Gasteiger partial charge in [-0.05, 0) is 49.2 Å². The molecular weight excluding hydrogens is 294 g/mol. The Hall–Kier alpha value is -2.66. The second-order valence-electron chi connectivity index (χ2n) is 5.35. The summed E-state index contributed by atoms with van der Waals surface area (Å²) < 4.78 is 5.43. The molecule has 0 saturated carbocycles. The first-order valence-corrected chi connectivity index (χ1v) is 7.23. The number of hydrogen-bond acceptors (Lipinski definition) is 3. The van der Waals surface area contributed by atoms with Crippen LogP contribution in [0.4, 0.5) is 5.69 Å². The number of carboxylic acid groups (broad SMARTS) is 1. The average molecular weight is 313 g/mol. The second-order valence-corrected chi connectivity index (χ2v) is 5.35. The molecule has 2 aromatic rings. The molecule has 0 unspecified atom stereocenters. The SMILES string of the molecule is Cc1ccc(COCC(=O)Nc2ccc(C(=O)O)cc2)c(C)c1. The van der Waals surface area contributed by atoms with E-state index in [2.05, 4.69) is 11.4 Å². The number of ether oxygens (including phenoxy) is 1. The average Bonchev–Trinajstić information content (AvgIpc) is 2.50. The zero-order valence-corrected chi connectivity index (χ0v) is 13.1. The van der Waals surface area contributed by atoms with Gasteiger partial charge in [0.15, 0.2) is 0 Å². The zero-order chi connectivity index (χ0) is 16.8. The van der Waals surface area contributed by atoms with E-state index in [0.717, 1.165) is 11.1 Å². The predicted octanol–water partition coefficient (Wildman–Crippen LogP) is 3.16. The molecule has 2 N–H and O–H groups in total. The molecular formula is C18H19NO4. The third kappa shape index (κ3) is 4.93. The van der Waals surface area contributed by atoms with Gasteiger partial charge < -0.3 is 15.2 Å². The zero-order valence-electron chi connectivity index (χ0n) is 13.1. The first-order chi connectivity index (χ1) is 11.0. The lowest BCUT2D eigenvalue weighted by atomic mass is 10.1. The van der Waals surface area contributed by atoms with Crippen molar-refractivity contribution in [1.29, 1.82) is 0 Å². The minimum absolute atomic E-state index is 0.0615. The van der Waals surface area contributed by atoms with Crippen LogP contribution in [0, 0.1) is 13.8 Å². The van der Waals surface area contributed by atoms with Crippen molar-refractivity contribution in [3.8, 4) is 0 Å². The van der Waals surface area contributed by atoms with E-state index in [1.54, 1.807) is 12.1 Å². The topological polar surface area (TPSA) is 75.6 Å². The van der Waals surface area contributed by atoms with Crippen molar-refractivity contribution in [1.82, 2.24) is 0 Å². The van der Waals surface area contributed by atoms with E-state index < -0.39 is 5.97 Å². The maximum absolute atomic E-state index is 11.8. The monoisotopic (exact) mass is 313 g/mol. The Morgan fingerprint density at radius 1 is 1.09 bits per heavy atom. The van der Waals surface area contributed by atoms with Crippen molar-refractivity contribution >= 4 is 17.6 Å². The number of carboxylic acids is 1. The van der Waals surface area contributed by atoms with Gasteiger partial charge in [-0.1, -0.05) is 23.8 Å². The molecule has 120 valence electrons. The largest absolute Gasteiger partial charge is 0.478 e. The summed E-state index contributed by atoms with van der Waals surface area (Å²) in [5.74, 6) is -1.28. The summed E-state index contributed by atoms with van der Waals surface area (Å²) >= 11 is 0. The van der Waals surface area contributed by atoms with Crippen LogP contribution in [0.25, 0.3) is 0 Å². The maximum Gasteiger partial charge on any atom is 0.335 e. The summed E-state index contributed by atoms with van der Waals surface area (Å²) in [4.78, 5) is 22.6. The van der Waals surface area contributed by atoms with Crippen molar-refractivity contribution in [2.45, 2.75) is 20.5 Å². The first-order valence-electron chi connectivity index (χ1n) is 7.23. The van der Waals surface area contributed by atoms with Crippen LogP contribution in [0.15, 0.2) is 42.5 Å². The Labute approximate surface area is 134 Å². The molecule has 5 heteroatoms. The molecule has 0 spiro atoms. The molecule has 0 heterocycles. The van der Waals surface area contributed by atoms with Gasteiger partial charge in [-0.3, -0.25) is 4.79 Å². The number of benzene rings is 2. The van der Waals surface area contributed by atoms with E-state index >= 15 is 0 Å². The number of carbonyl (C=O) groups excluding carboxylic acids is 1. The van der Waals surface area contributed by atoms with Gasteiger partial charge in [-0.25, -0.2) is 4.79 Å². The molecule has 0 bridgehead atoms. The van der Waals surface area contributed by atoms with Crippen LogP contribution in [-0.4, -0.2) is 23.6 Å². The smallest absolute Gasteiger partial charge is 0.335 e. The number of rotatable bonds is 6. The molecule has 0 atom stereocenters. The molecule has 0 fully saturated rings. The van der Waals surface area contributed by atoms with Crippen LogP contribution >= 0.6 is 0 Å². The van der Waals surface area contributed by atoms with Gasteiger partial charge in [-0.15, -0.1) is 0 Å². The second kappa shape index (κ2) is 7.56. The van der Waals surface area contributed by atoms with Gasteiger partial charge in [-0.2, -0.15) is 0 Å². The van der Waals surface area contributed by atoms with Crippen molar-refractivity contribution in [2.24, 2.45) is 0 Å². The van der Waals surface area contributed by atoms with E-state index in [9.17, 15) is 9.59 Å². The van der Waals surface area contributed by atoms with E-state index in [0.29, 0.717) is 12.3 Å². The number of nitrogens with one attached hydrogen (secondary N) is 1. The number of aryl methyl sites for hydroxylation is 2. The van der Waals surface area contributed by atoms with Gasteiger partial charge in [0.2, 0.25) is 5.91 Å². The fraction of sp³-hybridized carbons (Fsp3) is 0.222. The Kier molecular flexibility index (Phi) is 5.49. The van der Waals surface area contributed by atoms with Crippen LogP contribution in [0.3, 0.4) is 0 Å². The summed E-state index contributed by atoms with van der Waals surface area (Å²) in [6, 6.07) is 12.0. The molecule has 0 radical (unpaired) electrons. The molecule has 1 amide bonds. The number of carbonyl (C=O) groups is 2. The Bertz CT molecular complexity index is 707. The van der Waals surface area contributed by atoms with Crippen LogP contribution in [-0.2, 0) is 16.1 Å². The molecule has 2 rings (SSSR count). The fourth-order valence-electron chi connectivity index (χ4n) is 2.15. The molecule has 0 aliphatic carbocycles. The number of hydrogen-bond donors (Lipinski definition) is 2. The standard InChI is InChI=1S/C18H19NO4/c1-12-3-4-15(13(2)9-12)10-23-11-17(20)19-16-7-5-14(6-8-16)18(21)22/h3-9H,10-11H2,1-2H3,(H,19,20)(H,21,22). The quantitative estimate of drug-likeness (QED) is 0.859. The third-order valence-electron chi connectivity index (χ3n) is 3.40. The summed E-state index contributed by atoms with van der Waals surface area (Å²) in [6.45, 7) is 4.35. The van der Waals surface area contributed by atoms with Crippen molar-refractivity contribution in [3.05, 3.63) is 64.7 Å². The summed E-state index contributed by atoms with van der Waals surface area (Å²) in [5, 5.41) is 11.5. The van der Waals surface area contributed by atoms with Crippen LogP contribution in [0.1, 0.15) is 27.0 Å². The van der Waals surface area contributed by atoms with Gasteiger partial charge in [0.1, 0.15) is 6.61 Å². The Morgan fingerprint density at radius 2 is 1.78 bits per heavy atom. The fourth-order valence-corrected chi connectivity index (χ4v) is 2.15.